The molecular formula is C13H14Br3NO. The first-order valence-electron chi connectivity index (χ1n) is 5.93. The molecule has 2 nitrogen and oxygen atoms in total. The molecule has 1 aromatic carbocycles. The van der Waals surface area contributed by atoms with E-state index >= 15 is 0 Å². The summed E-state index contributed by atoms with van der Waals surface area (Å²) in [5.74, 6) is 0.588. The van der Waals surface area contributed by atoms with Crippen LogP contribution in [0.1, 0.15) is 29.6 Å². The Morgan fingerprint density at radius 3 is 2.78 bits per heavy atom. The van der Waals surface area contributed by atoms with E-state index in [0.717, 1.165) is 21.9 Å². The largest absolute Gasteiger partial charge is 0.352 e. The average Bonchev–Trinajstić information content (AvgIpc) is 2.75. The summed E-state index contributed by atoms with van der Waals surface area (Å²) in [5.41, 5.74) is 0.678. The van der Waals surface area contributed by atoms with Gasteiger partial charge in [0.1, 0.15) is 0 Å². The molecule has 2 rings (SSSR count). The van der Waals surface area contributed by atoms with E-state index in [1.54, 1.807) is 0 Å². The summed E-state index contributed by atoms with van der Waals surface area (Å²) < 4.78 is 1.74. The van der Waals surface area contributed by atoms with Gasteiger partial charge in [-0.3, -0.25) is 4.79 Å². The second kappa shape index (κ2) is 6.53. The summed E-state index contributed by atoms with van der Waals surface area (Å²) in [6.07, 6.45) is 3.55. The monoisotopic (exact) mass is 437 g/mol. The molecule has 2 unspecified atom stereocenters. The van der Waals surface area contributed by atoms with E-state index in [-0.39, 0.29) is 5.91 Å². The Kier molecular flexibility index (Phi) is 5.27. The molecule has 1 aliphatic rings. The summed E-state index contributed by atoms with van der Waals surface area (Å²) in [5, 5.41) is 3.02. The third-order valence-electron chi connectivity index (χ3n) is 3.20. The lowest BCUT2D eigenvalue weighted by atomic mass is 10.1. The Bertz CT molecular complexity index is 450. The van der Waals surface area contributed by atoms with Crippen LogP contribution in [0.4, 0.5) is 0 Å². The quantitative estimate of drug-likeness (QED) is 0.690. The van der Waals surface area contributed by atoms with Gasteiger partial charge in [0.2, 0.25) is 0 Å². The Balaban J connectivity index is 1.93. The molecule has 0 saturated heterocycles. The number of carbonyl (C=O) groups excluding carboxylic acids is 1. The van der Waals surface area contributed by atoms with Crippen LogP contribution in [0.5, 0.6) is 0 Å². The number of amides is 1. The first kappa shape index (κ1) is 14.5. The lowest BCUT2D eigenvalue weighted by molar-refractivity contribution is 0.0946. The molecule has 0 radical (unpaired) electrons. The van der Waals surface area contributed by atoms with Crippen molar-refractivity contribution in [2.45, 2.75) is 24.1 Å². The molecule has 1 fully saturated rings. The van der Waals surface area contributed by atoms with Gasteiger partial charge in [-0.1, -0.05) is 31.9 Å². The first-order valence-corrected chi connectivity index (χ1v) is 8.43. The molecule has 1 N–H and O–H groups in total. The Morgan fingerprint density at radius 2 is 2.11 bits per heavy atom. The topological polar surface area (TPSA) is 29.1 Å². The highest BCUT2D eigenvalue weighted by Crippen LogP contribution is 2.30. The van der Waals surface area contributed by atoms with Crippen LogP contribution < -0.4 is 5.32 Å². The lowest BCUT2D eigenvalue weighted by Crippen LogP contribution is -2.28. The number of rotatable bonds is 3. The minimum atomic E-state index is -0.0128. The average molecular weight is 440 g/mol. The molecule has 0 aromatic heterocycles. The molecule has 1 saturated carbocycles. The molecule has 18 heavy (non-hydrogen) atoms. The Hall–Kier alpha value is 0.130. The summed E-state index contributed by atoms with van der Waals surface area (Å²) in [4.78, 5) is 12.7. The minimum absolute atomic E-state index is 0.0128. The third-order valence-corrected chi connectivity index (χ3v) is 5.22. The number of hydrogen-bond acceptors (Lipinski definition) is 1. The normalized spacial score (nSPS) is 23.1. The van der Waals surface area contributed by atoms with Gasteiger partial charge in [-0.2, -0.15) is 0 Å². The van der Waals surface area contributed by atoms with Crippen molar-refractivity contribution in [2.24, 2.45) is 5.92 Å². The maximum atomic E-state index is 12.1. The van der Waals surface area contributed by atoms with Crippen molar-refractivity contribution in [3.63, 3.8) is 0 Å². The van der Waals surface area contributed by atoms with Gasteiger partial charge in [0.05, 0.1) is 5.56 Å². The van der Waals surface area contributed by atoms with E-state index in [1.165, 1.54) is 12.8 Å². The van der Waals surface area contributed by atoms with Crippen molar-refractivity contribution < 1.29 is 4.79 Å². The summed E-state index contributed by atoms with van der Waals surface area (Å²) >= 11 is 10.4. The van der Waals surface area contributed by atoms with Gasteiger partial charge in [0.25, 0.3) is 5.91 Å². The second-order valence-corrected chi connectivity index (χ2v) is 7.68. The molecule has 1 amide bonds. The van der Waals surface area contributed by atoms with Crippen molar-refractivity contribution in [2.75, 3.05) is 6.54 Å². The van der Waals surface area contributed by atoms with Crippen molar-refractivity contribution in [1.82, 2.24) is 5.32 Å². The number of halogens is 3. The zero-order chi connectivity index (χ0) is 13.1. The highest BCUT2D eigenvalue weighted by atomic mass is 79.9. The fraction of sp³-hybridized carbons (Fsp3) is 0.462. The fourth-order valence-corrected chi connectivity index (χ4v) is 3.78. The number of nitrogens with one attached hydrogen (secondary N) is 1. The van der Waals surface area contributed by atoms with E-state index in [0.29, 0.717) is 16.3 Å². The van der Waals surface area contributed by atoms with Crippen LogP contribution in [0.25, 0.3) is 0 Å². The Morgan fingerprint density at radius 1 is 1.33 bits per heavy atom. The van der Waals surface area contributed by atoms with Crippen LogP contribution in [0.2, 0.25) is 0 Å². The molecular weight excluding hydrogens is 426 g/mol. The van der Waals surface area contributed by atoms with Crippen molar-refractivity contribution >= 4 is 53.7 Å². The maximum Gasteiger partial charge on any atom is 0.252 e. The molecule has 1 aromatic rings. The summed E-state index contributed by atoms with van der Waals surface area (Å²) in [6.45, 7) is 0.764. The fourth-order valence-electron chi connectivity index (χ4n) is 2.20. The van der Waals surface area contributed by atoms with E-state index < -0.39 is 0 Å². The third kappa shape index (κ3) is 3.81. The second-order valence-electron chi connectivity index (χ2n) is 4.61. The van der Waals surface area contributed by atoms with Crippen molar-refractivity contribution in [3.05, 3.63) is 32.7 Å². The summed E-state index contributed by atoms with van der Waals surface area (Å²) in [6, 6.07) is 5.62. The molecule has 5 heteroatoms. The number of benzene rings is 1. The highest BCUT2D eigenvalue weighted by molar-refractivity contribution is 9.11. The molecule has 0 aliphatic heterocycles. The zero-order valence-electron chi connectivity index (χ0n) is 9.76. The molecule has 0 bridgehead atoms. The zero-order valence-corrected chi connectivity index (χ0v) is 14.5. The maximum absolute atomic E-state index is 12.1. The van der Waals surface area contributed by atoms with Crippen molar-refractivity contribution in [1.29, 1.82) is 0 Å². The molecule has 0 heterocycles. The molecule has 1 aliphatic carbocycles. The van der Waals surface area contributed by atoms with Gasteiger partial charge in [0.15, 0.2) is 0 Å². The van der Waals surface area contributed by atoms with Gasteiger partial charge in [-0.05, 0) is 59.3 Å². The van der Waals surface area contributed by atoms with Crippen LogP contribution >= 0.6 is 47.8 Å². The van der Waals surface area contributed by atoms with Crippen LogP contribution in [-0.2, 0) is 0 Å². The van der Waals surface area contributed by atoms with Crippen LogP contribution in [0.3, 0.4) is 0 Å². The van der Waals surface area contributed by atoms with Gasteiger partial charge >= 0.3 is 0 Å². The van der Waals surface area contributed by atoms with Gasteiger partial charge in [-0.15, -0.1) is 0 Å². The number of hydrogen-bond donors (Lipinski definition) is 1. The van der Waals surface area contributed by atoms with Crippen LogP contribution in [-0.4, -0.2) is 17.3 Å². The van der Waals surface area contributed by atoms with Crippen LogP contribution in [0.15, 0.2) is 27.1 Å². The van der Waals surface area contributed by atoms with E-state index in [4.69, 9.17) is 0 Å². The van der Waals surface area contributed by atoms with E-state index in [9.17, 15) is 4.79 Å². The van der Waals surface area contributed by atoms with E-state index in [1.807, 2.05) is 18.2 Å². The van der Waals surface area contributed by atoms with Gasteiger partial charge in [0, 0.05) is 20.3 Å². The highest BCUT2D eigenvalue weighted by Gasteiger charge is 2.23. The molecule has 0 spiro atoms. The van der Waals surface area contributed by atoms with Gasteiger partial charge < -0.3 is 5.32 Å². The Labute approximate surface area is 132 Å². The van der Waals surface area contributed by atoms with Gasteiger partial charge in [-0.25, -0.2) is 0 Å². The summed E-state index contributed by atoms with van der Waals surface area (Å²) in [7, 11) is 0. The first-order chi connectivity index (χ1) is 8.56. The number of alkyl halides is 1. The predicted octanol–water partition coefficient (Wildman–Crippen LogP) is 4.51. The predicted molar refractivity (Wildman–Crippen MR) is 84.2 cm³/mol. The van der Waals surface area contributed by atoms with E-state index in [2.05, 4.69) is 53.1 Å². The SMILES string of the molecule is O=C(NCC1CCC(Br)C1)c1cc(Br)ccc1Br. The van der Waals surface area contributed by atoms with Crippen molar-refractivity contribution in [3.8, 4) is 0 Å². The number of carbonyl (C=O) groups is 1. The molecule has 2 atom stereocenters. The lowest BCUT2D eigenvalue weighted by Gasteiger charge is -2.12. The molecule has 98 valence electrons. The standard InChI is InChI=1S/C13H14Br3NO/c14-9-2-1-8(5-9)7-17-13(18)11-6-10(15)3-4-12(11)16/h3-4,6,8-9H,1-2,5,7H2,(H,17,18). The van der Waals surface area contributed by atoms with Crippen LogP contribution in [0, 0.1) is 5.92 Å². The smallest absolute Gasteiger partial charge is 0.252 e. The minimum Gasteiger partial charge on any atom is -0.352 e.